The molecule has 0 aliphatic rings. The number of rotatable bonds is 6. The minimum atomic E-state index is -0.734. The molecule has 2 aromatic carbocycles. The molecule has 1 unspecified atom stereocenters. The molecule has 2 N–H and O–H groups in total. The second-order valence-corrected chi connectivity index (χ2v) is 5.07. The monoisotopic (exact) mass is 323 g/mol. The van der Waals surface area contributed by atoms with Crippen molar-refractivity contribution in [3.63, 3.8) is 0 Å². The molecular weight excluding hydrogens is 309 g/mol. The standard InChI is InChI=1S/C16H15ClFNO3/c1-10(16(19)20)22-14-4-2-3-13(8-14)21-9-11-5-6-12(18)7-15(11)17/h2-8,10H,9H2,1H3,(H2,19,20). The zero-order valence-electron chi connectivity index (χ0n) is 11.9. The van der Waals surface area contributed by atoms with Crippen LogP contribution in [0.25, 0.3) is 0 Å². The molecule has 4 nitrogen and oxygen atoms in total. The fourth-order valence-electron chi connectivity index (χ4n) is 1.70. The lowest BCUT2D eigenvalue weighted by atomic mass is 10.2. The Hall–Kier alpha value is -2.27. The third kappa shape index (κ3) is 4.36. The predicted octanol–water partition coefficient (Wildman–Crippen LogP) is 3.31. The summed E-state index contributed by atoms with van der Waals surface area (Å²) in [7, 11) is 0. The molecule has 6 heteroatoms. The van der Waals surface area contributed by atoms with Gasteiger partial charge in [0, 0.05) is 11.6 Å². The lowest BCUT2D eigenvalue weighted by Gasteiger charge is -2.13. The minimum absolute atomic E-state index is 0.188. The van der Waals surface area contributed by atoms with Crippen LogP contribution >= 0.6 is 11.6 Å². The average Bonchev–Trinajstić information content (AvgIpc) is 2.46. The van der Waals surface area contributed by atoms with Crippen LogP contribution in [0.3, 0.4) is 0 Å². The van der Waals surface area contributed by atoms with Crippen LogP contribution in [0.15, 0.2) is 42.5 Å². The highest BCUT2D eigenvalue weighted by atomic mass is 35.5. The van der Waals surface area contributed by atoms with E-state index in [1.807, 2.05) is 0 Å². The first kappa shape index (κ1) is 16.1. The van der Waals surface area contributed by atoms with Crippen LogP contribution in [0, 0.1) is 5.82 Å². The Labute approximate surface area is 132 Å². The highest BCUT2D eigenvalue weighted by molar-refractivity contribution is 6.31. The SMILES string of the molecule is CC(Oc1cccc(OCc2ccc(F)cc2Cl)c1)C(N)=O. The van der Waals surface area contributed by atoms with E-state index in [-0.39, 0.29) is 6.61 Å². The Morgan fingerprint density at radius 3 is 2.68 bits per heavy atom. The number of hydrogen-bond donors (Lipinski definition) is 1. The van der Waals surface area contributed by atoms with E-state index in [1.54, 1.807) is 37.3 Å². The molecule has 0 saturated heterocycles. The minimum Gasteiger partial charge on any atom is -0.489 e. The summed E-state index contributed by atoms with van der Waals surface area (Å²) in [5.41, 5.74) is 5.81. The maximum atomic E-state index is 13.0. The summed E-state index contributed by atoms with van der Waals surface area (Å²) < 4.78 is 23.9. The normalized spacial score (nSPS) is 11.8. The maximum Gasteiger partial charge on any atom is 0.258 e. The zero-order chi connectivity index (χ0) is 16.1. The molecule has 22 heavy (non-hydrogen) atoms. The Bertz CT molecular complexity index is 678. The van der Waals surface area contributed by atoms with Gasteiger partial charge in [-0.15, -0.1) is 0 Å². The van der Waals surface area contributed by atoms with E-state index in [2.05, 4.69) is 0 Å². The first-order chi connectivity index (χ1) is 10.5. The lowest BCUT2D eigenvalue weighted by Crippen LogP contribution is -2.30. The summed E-state index contributed by atoms with van der Waals surface area (Å²) in [5, 5.41) is 0.301. The van der Waals surface area contributed by atoms with Gasteiger partial charge in [-0.05, 0) is 31.2 Å². The number of carbonyl (C=O) groups excluding carboxylic acids is 1. The number of ether oxygens (including phenoxy) is 2. The van der Waals surface area contributed by atoms with Gasteiger partial charge in [-0.3, -0.25) is 4.79 Å². The van der Waals surface area contributed by atoms with Gasteiger partial charge in [-0.25, -0.2) is 4.39 Å². The van der Waals surface area contributed by atoms with E-state index in [1.165, 1.54) is 12.1 Å². The van der Waals surface area contributed by atoms with Crippen molar-refractivity contribution in [3.8, 4) is 11.5 Å². The molecule has 116 valence electrons. The van der Waals surface area contributed by atoms with E-state index >= 15 is 0 Å². The van der Waals surface area contributed by atoms with Gasteiger partial charge >= 0.3 is 0 Å². The number of hydrogen-bond acceptors (Lipinski definition) is 3. The summed E-state index contributed by atoms with van der Waals surface area (Å²) in [6.45, 7) is 1.75. The van der Waals surface area contributed by atoms with Crippen molar-refractivity contribution >= 4 is 17.5 Å². The quantitative estimate of drug-likeness (QED) is 0.887. The third-order valence-electron chi connectivity index (χ3n) is 2.93. The van der Waals surface area contributed by atoms with Crippen molar-refractivity contribution in [1.29, 1.82) is 0 Å². The van der Waals surface area contributed by atoms with Crippen LogP contribution in [0.5, 0.6) is 11.5 Å². The second kappa shape index (κ2) is 7.13. The number of benzene rings is 2. The van der Waals surface area contributed by atoms with Crippen LogP contribution in [0.1, 0.15) is 12.5 Å². The van der Waals surface area contributed by atoms with E-state index in [0.717, 1.165) is 0 Å². The van der Waals surface area contributed by atoms with Gasteiger partial charge < -0.3 is 15.2 Å². The van der Waals surface area contributed by atoms with Crippen LogP contribution < -0.4 is 15.2 Å². The van der Waals surface area contributed by atoms with Crippen molar-refractivity contribution in [2.45, 2.75) is 19.6 Å². The van der Waals surface area contributed by atoms with Crippen molar-refractivity contribution in [2.24, 2.45) is 5.73 Å². The van der Waals surface area contributed by atoms with E-state index in [4.69, 9.17) is 26.8 Å². The van der Waals surface area contributed by atoms with E-state index < -0.39 is 17.8 Å². The maximum absolute atomic E-state index is 13.0. The summed E-state index contributed by atoms with van der Waals surface area (Å²) >= 11 is 5.93. The molecule has 1 amide bonds. The molecule has 2 rings (SSSR count). The van der Waals surface area contributed by atoms with Crippen LogP contribution in [-0.2, 0) is 11.4 Å². The number of nitrogens with two attached hydrogens (primary N) is 1. The lowest BCUT2D eigenvalue weighted by molar-refractivity contribution is -0.123. The highest BCUT2D eigenvalue weighted by Gasteiger charge is 2.10. The number of carbonyl (C=O) groups is 1. The predicted molar refractivity (Wildman–Crippen MR) is 81.5 cm³/mol. The van der Waals surface area contributed by atoms with Crippen LogP contribution in [-0.4, -0.2) is 12.0 Å². The fraction of sp³-hybridized carbons (Fsp3) is 0.188. The van der Waals surface area contributed by atoms with Crippen molar-refractivity contribution in [2.75, 3.05) is 0 Å². The first-order valence-corrected chi connectivity index (χ1v) is 6.96. The molecule has 0 aliphatic carbocycles. The molecule has 0 bridgehead atoms. The van der Waals surface area contributed by atoms with Gasteiger partial charge in [0.1, 0.15) is 23.9 Å². The largest absolute Gasteiger partial charge is 0.489 e. The summed E-state index contributed by atoms with van der Waals surface area (Å²) in [5.74, 6) is 0.0533. The molecule has 0 aromatic heterocycles. The molecule has 0 heterocycles. The van der Waals surface area contributed by atoms with Gasteiger partial charge in [-0.1, -0.05) is 23.7 Å². The zero-order valence-corrected chi connectivity index (χ0v) is 12.6. The van der Waals surface area contributed by atoms with Crippen LogP contribution in [0.4, 0.5) is 4.39 Å². The molecule has 0 aliphatic heterocycles. The number of halogens is 2. The molecular formula is C16H15ClFNO3. The summed E-state index contributed by atoms with van der Waals surface area (Å²) in [4.78, 5) is 11.0. The Balaban J connectivity index is 2.02. The second-order valence-electron chi connectivity index (χ2n) is 4.66. The van der Waals surface area contributed by atoms with Gasteiger partial charge in [0.25, 0.3) is 5.91 Å². The molecule has 0 fully saturated rings. The first-order valence-electron chi connectivity index (χ1n) is 6.58. The molecule has 0 spiro atoms. The Morgan fingerprint density at radius 2 is 2.00 bits per heavy atom. The van der Waals surface area contributed by atoms with E-state index in [0.29, 0.717) is 22.1 Å². The van der Waals surface area contributed by atoms with Crippen molar-refractivity contribution in [3.05, 3.63) is 58.9 Å². The van der Waals surface area contributed by atoms with Crippen molar-refractivity contribution in [1.82, 2.24) is 0 Å². The highest BCUT2D eigenvalue weighted by Crippen LogP contribution is 2.23. The van der Waals surface area contributed by atoms with Gasteiger partial charge in [-0.2, -0.15) is 0 Å². The van der Waals surface area contributed by atoms with Crippen molar-refractivity contribution < 1.29 is 18.7 Å². The summed E-state index contributed by atoms with van der Waals surface area (Å²) in [6, 6.07) is 10.9. The topological polar surface area (TPSA) is 61.6 Å². The third-order valence-corrected chi connectivity index (χ3v) is 3.28. The fourth-order valence-corrected chi connectivity index (χ4v) is 1.92. The van der Waals surface area contributed by atoms with Gasteiger partial charge in [0.15, 0.2) is 6.10 Å². The Kier molecular flexibility index (Phi) is 5.22. The van der Waals surface area contributed by atoms with Gasteiger partial charge in [0.2, 0.25) is 0 Å². The number of amides is 1. The smallest absolute Gasteiger partial charge is 0.258 e. The summed E-state index contributed by atoms with van der Waals surface area (Å²) in [6.07, 6.45) is -0.734. The molecule has 1 atom stereocenters. The molecule has 2 aromatic rings. The Morgan fingerprint density at radius 1 is 1.27 bits per heavy atom. The van der Waals surface area contributed by atoms with Crippen LogP contribution in [0.2, 0.25) is 5.02 Å². The number of primary amides is 1. The van der Waals surface area contributed by atoms with Gasteiger partial charge in [0.05, 0.1) is 5.02 Å². The molecule has 0 radical (unpaired) electrons. The average molecular weight is 324 g/mol. The molecule has 0 saturated carbocycles. The van der Waals surface area contributed by atoms with E-state index in [9.17, 15) is 9.18 Å².